The summed E-state index contributed by atoms with van der Waals surface area (Å²) in [5.41, 5.74) is -1.63. The minimum absolute atomic E-state index is 0.0150. The largest absolute Gasteiger partial charge is 0.360 e. The molecule has 14 heteroatoms. The molecular weight excluding hydrogens is 448 g/mol. The van der Waals surface area contributed by atoms with Crippen LogP contribution in [0.3, 0.4) is 0 Å². The van der Waals surface area contributed by atoms with E-state index in [0.717, 1.165) is 0 Å². The highest BCUT2D eigenvalue weighted by Crippen LogP contribution is 2.49. The van der Waals surface area contributed by atoms with Crippen LogP contribution in [-0.2, 0) is 0 Å². The molecule has 0 radical (unpaired) electrons. The van der Waals surface area contributed by atoms with Gasteiger partial charge >= 0.3 is 16.9 Å². The highest BCUT2D eigenvalue weighted by atomic mass is 16.8. The number of rotatable bonds is 6. The first kappa shape index (κ1) is 23.9. The van der Waals surface area contributed by atoms with Gasteiger partial charge in [-0.05, 0) is 32.6 Å². The predicted molar refractivity (Wildman–Crippen MR) is 124 cm³/mol. The molecule has 2 aliphatic heterocycles. The SMILES string of the molecule is CC(C)N1CCN(c2c([N+](=O)[O-])c(N3CCN(C(C)C)CC3)c3no[n+]([O-])c3c2[N+](=O)[O-])CC1. The molecule has 2 aromatic rings. The van der Waals surface area contributed by atoms with Crippen LogP contribution in [0.15, 0.2) is 4.63 Å². The Morgan fingerprint density at radius 2 is 1.24 bits per heavy atom. The van der Waals surface area contributed by atoms with Crippen molar-refractivity contribution in [2.24, 2.45) is 0 Å². The molecular formula is C20H30N8O6. The van der Waals surface area contributed by atoms with Crippen LogP contribution in [0.5, 0.6) is 0 Å². The van der Waals surface area contributed by atoms with Gasteiger partial charge in [0.15, 0.2) is 5.69 Å². The fourth-order valence-electron chi connectivity index (χ4n) is 4.92. The Labute approximate surface area is 196 Å². The molecule has 0 N–H and O–H groups in total. The number of nitro benzene ring substituents is 2. The molecule has 0 unspecified atom stereocenters. The van der Waals surface area contributed by atoms with Crippen molar-refractivity contribution in [1.82, 2.24) is 15.0 Å². The summed E-state index contributed by atoms with van der Waals surface area (Å²) >= 11 is 0. The number of fused-ring (bicyclic) bond motifs is 1. The van der Waals surface area contributed by atoms with Gasteiger partial charge in [-0.25, -0.2) is 0 Å². The second-order valence-electron chi connectivity index (χ2n) is 9.27. The number of hydrogen-bond acceptors (Lipinski definition) is 11. The van der Waals surface area contributed by atoms with E-state index < -0.39 is 26.7 Å². The Balaban J connectivity index is 1.90. The van der Waals surface area contributed by atoms with Gasteiger partial charge < -0.3 is 15.0 Å². The van der Waals surface area contributed by atoms with Crippen LogP contribution >= 0.6 is 0 Å². The number of nitrogens with zero attached hydrogens (tertiary/aromatic N) is 8. The zero-order chi connectivity index (χ0) is 24.7. The molecule has 0 aliphatic carbocycles. The summed E-state index contributed by atoms with van der Waals surface area (Å²) in [6.07, 6.45) is 0. The molecule has 14 nitrogen and oxygen atoms in total. The van der Waals surface area contributed by atoms with Crippen LogP contribution in [0.25, 0.3) is 11.0 Å². The average Bonchev–Trinajstić information content (AvgIpc) is 3.18. The highest BCUT2D eigenvalue weighted by Gasteiger charge is 2.45. The van der Waals surface area contributed by atoms with E-state index in [1.165, 1.54) is 0 Å². The molecule has 0 atom stereocenters. The maximum absolute atomic E-state index is 12.5. The fraction of sp³-hybridized carbons (Fsp3) is 0.700. The predicted octanol–water partition coefficient (Wildman–Crippen LogP) is 1.34. The third-order valence-electron chi connectivity index (χ3n) is 6.82. The van der Waals surface area contributed by atoms with Crippen LogP contribution in [0, 0.1) is 25.4 Å². The smallest absolute Gasteiger partial charge is 0.354 e. The second-order valence-corrected chi connectivity index (χ2v) is 9.27. The number of aromatic nitrogens is 2. The number of hydrogen-bond donors (Lipinski definition) is 0. The van der Waals surface area contributed by atoms with E-state index >= 15 is 0 Å². The highest BCUT2D eigenvalue weighted by molar-refractivity contribution is 6.06. The Bertz CT molecular complexity index is 1090. The average molecular weight is 479 g/mol. The zero-order valence-electron chi connectivity index (χ0n) is 19.8. The van der Waals surface area contributed by atoms with E-state index in [-0.39, 0.29) is 27.8 Å². The third-order valence-corrected chi connectivity index (χ3v) is 6.82. The standard InChI is InChI=1S/C20H30N8O6/c1-13(2)22-5-9-24(10-6-22)16-15-17(28(33)34-21-15)20(27(31)32)18(19(16)26(29)30)25-11-7-23(8-12-25)14(3)4/h13-14H,5-12H2,1-4H3. The molecule has 0 saturated carbocycles. The van der Waals surface area contributed by atoms with Crippen molar-refractivity contribution >= 4 is 33.8 Å². The quantitative estimate of drug-likeness (QED) is 0.336. The Hall–Kier alpha value is -3.26. The van der Waals surface area contributed by atoms with Crippen molar-refractivity contribution in [2.75, 3.05) is 62.2 Å². The van der Waals surface area contributed by atoms with Crippen LogP contribution in [0.2, 0.25) is 0 Å². The topological polar surface area (TPSA) is 152 Å². The van der Waals surface area contributed by atoms with E-state index in [0.29, 0.717) is 58.4 Å². The van der Waals surface area contributed by atoms with E-state index in [4.69, 9.17) is 4.63 Å². The van der Waals surface area contributed by atoms with E-state index in [1.54, 1.807) is 9.80 Å². The van der Waals surface area contributed by atoms with Crippen molar-refractivity contribution in [3.63, 3.8) is 0 Å². The lowest BCUT2D eigenvalue weighted by molar-refractivity contribution is -0.783. The van der Waals surface area contributed by atoms with Gasteiger partial charge in [0.25, 0.3) is 5.52 Å². The Morgan fingerprint density at radius 3 is 1.65 bits per heavy atom. The summed E-state index contributed by atoms with van der Waals surface area (Å²) in [6.45, 7) is 12.4. The second kappa shape index (κ2) is 9.18. The first-order chi connectivity index (χ1) is 16.1. The molecule has 0 bridgehead atoms. The minimum Gasteiger partial charge on any atom is -0.360 e. The molecule has 3 heterocycles. The molecule has 0 amide bonds. The van der Waals surface area contributed by atoms with Crippen molar-refractivity contribution in [2.45, 2.75) is 39.8 Å². The first-order valence-electron chi connectivity index (χ1n) is 11.5. The van der Waals surface area contributed by atoms with E-state index in [2.05, 4.69) is 42.7 Å². The van der Waals surface area contributed by atoms with Crippen molar-refractivity contribution < 1.29 is 19.4 Å². The molecule has 2 aliphatic rings. The van der Waals surface area contributed by atoms with Gasteiger partial charge in [-0.2, -0.15) is 0 Å². The molecule has 4 rings (SSSR count). The molecule has 186 valence electrons. The summed E-state index contributed by atoms with van der Waals surface area (Å²) in [7, 11) is 0. The molecule has 0 spiro atoms. The summed E-state index contributed by atoms with van der Waals surface area (Å²) in [5.74, 6) is 0. The van der Waals surface area contributed by atoms with Crippen LogP contribution < -0.4 is 14.7 Å². The van der Waals surface area contributed by atoms with Gasteiger partial charge in [0.2, 0.25) is 5.69 Å². The number of nitro groups is 2. The third kappa shape index (κ3) is 4.07. The van der Waals surface area contributed by atoms with Gasteiger partial charge in [-0.1, -0.05) is 0 Å². The molecule has 1 aromatic carbocycles. The molecule has 2 saturated heterocycles. The van der Waals surface area contributed by atoms with Gasteiger partial charge in [0.1, 0.15) is 0 Å². The van der Waals surface area contributed by atoms with Gasteiger partial charge in [0.05, 0.1) is 9.85 Å². The number of benzene rings is 1. The Kier molecular flexibility index (Phi) is 6.45. The maximum Gasteiger partial charge on any atom is 0.354 e. The monoisotopic (exact) mass is 478 g/mol. The van der Waals surface area contributed by atoms with Crippen molar-refractivity contribution in [1.29, 1.82) is 0 Å². The van der Waals surface area contributed by atoms with Gasteiger partial charge in [0, 0.05) is 69.6 Å². The summed E-state index contributed by atoms with van der Waals surface area (Å²) < 4.78 is 4.74. The normalized spacial score (nSPS) is 18.4. The van der Waals surface area contributed by atoms with Crippen LogP contribution in [-0.4, -0.2) is 89.2 Å². The summed E-state index contributed by atoms with van der Waals surface area (Å²) in [4.78, 5) is 31.2. The lowest BCUT2D eigenvalue weighted by Gasteiger charge is -2.39. The lowest BCUT2D eigenvalue weighted by Crippen LogP contribution is -2.50. The van der Waals surface area contributed by atoms with E-state index in [9.17, 15) is 25.4 Å². The lowest BCUT2D eigenvalue weighted by atomic mass is 10.1. The molecule has 34 heavy (non-hydrogen) atoms. The van der Waals surface area contributed by atoms with Crippen LogP contribution in [0.4, 0.5) is 22.7 Å². The molecule has 2 fully saturated rings. The van der Waals surface area contributed by atoms with Crippen molar-refractivity contribution in [3.8, 4) is 0 Å². The summed E-state index contributed by atoms with van der Waals surface area (Å²) in [5, 5.41) is 40.9. The first-order valence-corrected chi connectivity index (χ1v) is 11.5. The van der Waals surface area contributed by atoms with E-state index in [1.807, 2.05) is 0 Å². The summed E-state index contributed by atoms with van der Waals surface area (Å²) in [6, 6.07) is 0.599. The molecule has 1 aromatic heterocycles. The fourth-order valence-corrected chi connectivity index (χ4v) is 4.92. The van der Waals surface area contributed by atoms with Crippen molar-refractivity contribution in [3.05, 3.63) is 25.4 Å². The Morgan fingerprint density at radius 1 is 0.794 bits per heavy atom. The minimum atomic E-state index is -0.744. The number of anilines is 2. The zero-order valence-corrected chi connectivity index (χ0v) is 19.8. The maximum atomic E-state index is 12.5. The van der Waals surface area contributed by atoms with Gasteiger partial charge in [-0.3, -0.25) is 34.7 Å². The van der Waals surface area contributed by atoms with Gasteiger partial charge in [-0.15, -0.1) is 0 Å². The number of piperazine rings is 2. The van der Waals surface area contributed by atoms with Crippen LogP contribution in [0.1, 0.15) is 27.7 Å².